The molecule has 0 aliphatic carbocycles. The van der Waals surface area contributed by atoms with Gasteiger partial charge >= 0.3 is 12.0 Å². The lowest BCUT2D eigenvalue weighted by atomic mass is 10.3. The topological polar surface area (TPSA) is 82.8 Å². The van der Waals surface area contributed by atoms with Crippen LogP contribution in [0.3, 0.4) is 0 Å². The van der Waals surface area contributed by atoms with E-state index in [1.807, 2.05) is 0 Å². The first kappa shape index (κ1) is 11.1. The van der Waals surface area contributed by atoms with Crippen LogP contribution in [0.4, 0.5) is 4.79 Å². The maximum absolute atomic E-state index is 11.1. The van der Waals surface area contributed by atoms with Gasteiger partial charge in [-0.1, -0.05) is 0 Å². The molecule has 6 nitrogen and oxygen atoms in total. The number of carboxylic acids is 1. The number of nitrogens with zero attached hydrogens (tertiary/aromatic N) is 1. The molecule has 0 bridgehead atoms. The normalized spacial score (nSPS) is 9.73. The lowest BCUT2D eigenvalue weighted by Crippen LogP contribution is -2.33. The Balaban J connectivity index is 2.51. The van der Waals surface area contributed by atoms with Gasteiger partial charge in [0.2, 0.25) is 5.76 Å². The Labute approximate surface area is 86.5 Å². The van der Waals surface area contributed by atoms with Crippen LogP contribution in [0.1, 0.15) is 16.1 Å². The maximum atomic E-state index is 11.1. The van der Waals surface area contributed by atoms with Crippen molar-refractivity contribution >= 4 is 12.0 Å². The van der Waals surface area contributed by atoms with E-state index in [0.29, 0.717) is 5.56 Å². The third kappa shape index (κ3) is 3.01. The van der Waals surface area contributed by atoms with Crippen molar-refractivity contribution in [3.05, 3.63) is 23.7 Å². The van der Waals surface area contributed by atoms with Crippen molar-refractivity contribution in [1.29, 1.82) is 0 Å². The number of aromatic carboxylic acids is 1. The summed E-state index contributed by atoms with van der Waals surface area (Å²) in [5, 5.41) is 11.2. The fourth-order valence-corrected chi connectivity index (χ4v) is 0.916. The van der Waals surface area contributed by atoms with Gasteiger partial charge in [-0.15, -0.1) is 0 Å². The molecule has 0 spiro atoms. The first-order chi connectivity index (χ1) is 7.00. The predicted molar refractivity (Wildman–Crippen MR) is 51.6 cm³/mol. The van der Waals surface area contributed by atoms with Crippen molar-refractivity contribution < 1.29 is 19.1 Å². The largest absolute Gasteiger partial charge is 0.475 e. The van der Waals surface area contributed by atoms with Gasteiger partial charge in [0.1, 0.15) is 0 Å². The Morgan fingerprint density at radius 2 is 2.20 bits per heavy atom. The molecule has 2 amide bonds. The smallest absolute Gasteiger partial charge is 0.371 e. The highest BCUT2D eigenvalue weighted by Gasteiger charge is 2.09. The summed E-state index contributed by atoms with van der Waals surface area (Å²) in [5.41, 5.74) is 0.614. The number of carboxylic acid groups (broad SMARTS) is 1. The summed E-state index contributed by atoms with van der Waals surface area (Å²) in [6.45, 7) is 0.244. The van der Waals surface area contributed by atoms with E-state index < -0.39 is 5.97 Å². The number of hydrogen-bond acceptors (Lipinski definition) is 3. The average molecular weight is 212 g/mol. The van der Waals surface area contributed by atoms with Crippen molar-refractivity contribution in [2.75, 3.05) is 14.1 Å². The molecule has 0 unspecified atom stereocenters. The van der Waals surface area contributed by atoms with Crippen LogP contribution in [-0.2, 0) is 6.54 Å². The summed E-state index contributed by atoms with van der Waals surface area (Å²) in [5.74, 6) is -1.26. The van der Waals surface area contributed by atoms with Crippen molar-refractivity contribution in [2.45, 2.75) is 6.54 Å². The molecule has 0 aliphatic heterocycles. The second-order valence-electron chi connectivity index (χ2n) is 3.18. The molecule has 0 aliphatic rings. The van der Waals surface area contributed by atoms with Gasteiger partial charge in [-0.25, -0.2) is 9.59 Å². The Hall–Kier alpha value is -1.98. The van der Waals surface area contributed by atoms with Crippen LogP contribution in [0.25, 0.3) is 0 Å². The lowest BCUT2D eigenvalue weighted by molar-refractivity contribution is 0.0662. The number of carbonyl (C=O) groups is 2. The Kier molecular flexibility index (Phi) is 3.33. The molecule has 15 heavy (non-hydrogen) atoms. The number of furan rings is 1. The fraction of sp³-hybridized carbons (Fsp3) is 0.333. The number of urea groups is 1. The summed E-state index contributed by atoms with van der Waals surface area (Å²) in [6, 6.07) is 1.13. The van der Waals surface area contributed by atoms with Crippen LogP contribution in [0.15, 0.2) is 16.7 Å². The summed E-state index contributed by atoms with van der Waals surface area (Å²) in [4.78, 5) is 23.0. The van der Waals surface area contributed by atoms with Crippen molar-refractivity contribution in [3.8, 4) is 0 Å². The van der Waals surface area contributed by atoms with E-state index in [1.165, 1.54) is 17.2 Å². The molecule has 0 atom stereocenters. The quantitative estimate of drug-likeness (QED) is 0.774. The minimum Gasteiger partial charge on any atom is -0.475 e. The zero-order valence-electron chi connectivity index (χ0n) is 8.48. The Bertz CT molecular complexity index is 370. The van der Waals surface area contributed by atoms with Gasteiger partial charge in [0.05, 0.1) is 6.26 Å². The number of nitrogens with one attached hydrogen (secondary N) is 1. The van der Waals surface area contributed by atoms with Gasteiger partial charge in [0.15, 0.2) is 0 Å². The SMILES string of the molecule is CN(C)C(=O)NCc1coc(C(=O)O)c1. The van der Waals surface area contributed by atoms with E-state index in [0.717, 1.165) is 0 Å². The molecule has 6 heteroatoms. The Morgan fingerprint density at radius 1 is 1.53 bits per heavy atom. The zero-order chi connectivity index (χ0) is 11.4. The second-order valence-corrected chi connectivity index (χ2v) is 3.18. The lowest BCUT2D eigenvalue weighted by Gasteiger charge is -2.10. The molecule has 0 saturated heterocycles. The minimum atomic E-state index is -1.12. The fourth-order valence-electron chi connectivity index (χ4n) is 0.916. The summed E-state index contributed by atoms with van der Waals surface area (Å²) in [6.07, 6.45) is 1.30. The van der Waals surface area contributed by atoms with Crippen LogP contribution < -0.4 is 5.32 Å². The third-order valence-electron chi connectivity index (χ3n) is 1.71. The van der Waals surface area contributed by atoms with Crippen molar-refractivity contribution in [1.82, 2.24) is 10.2 Å². The van der Waals surface area contributed by atoms with E-state index in [9.17, 15) is 9.59 Å². The van der Waals surface area contributed by atoms with Gasteiger partial charge < -0.3 is 19.7 Å². The molecule has 82 valence electrons. The highest BCUT2D eigenvalue weighted by atomic mass is 16.4. The standard InChI is InChI=1S/C9H12N2O4/c1-11(2)9(14)10-4-6-3-7(8(12)13)15-5-6/h3,5H,4H2,1-2H3,(H,10,14)(H,12,13). The summed E-state index contributed by atoms with van der Waals surface area (Å²) >= 11 is 0. The van der Waals surface area contributed by atoms with Crippen LogP contribution in [0.5, 0.6) is 0 Å². The molecule has 0 aromatic carbocycles. The Morgan fingerprint density at radius 3 is 2.67 bits per heavy atom. The van der Waals surface area contributed by atoms with Crippen LogP contribution >= 0.6 is 0 Å². The van der Waals surface area contributed by atoms with E-state index in [1.54, 1.807) is 14.1 Å². The summed E-state index contributed by atoms with van der Waals surface area (Å²) < 4.78 is 4.75. The molecule has 0 radical (unpaired) electrons. The first-order valence-electron chi connectivity index (χ1n) is 4.26. The van der Waals surface area contributed by atoms with E-state index in [-0.39, 0.29) is 18.3 Å². The molecule has 1 heterocycles. The summed E-state index contributed by atoms with van der Waals surface area (Å²) in [7, 11) is 3.24. The molecular weight excluding hydrogens is 200 g/mol. The minimum absolute atomic E-state index is 0.135. The van der Waals surface area contributed by atoms with Crippen molar-refractivity contribution in [3.63, 3.8) is 0 Å². The monoisotopic (exact) mass is 212 g/mol. The molecule has 0 saturated carbocycles. The predicted octanol–water partition coefficient (Wildman–Crippen LogP) is 0.749. The maximum Gasteiger partial charge on any atom is 0.371 e. The molecular formula is C9H12N2O4. The second kappa shape index (κ2) is 4.50. The van der Waals surface area contributed by atoms with E-state index in [4.69, 9.17) is 9.52 Å². The third-order valence-corrected chi connectivity index (χ3v) is 1.71. The molecule has 1 aromatic heterocycles. The number of rotatable bonds is 3. The molecule has 0 fully saturated rings. The molecule has 2 N–H and O–H groups in total. The number of amides is 2. The van der Waals surface area contributed by atoms with E-state index >= 15 is 0 Å². The highest BCUT2D eigenvalue weighted by Crippen LogP contribution is 2.07. The van der Waals surface area contributed by atoms with Gasteiger partial charge in [0, 0.05) is 26.2 Å². The first-order valence-corrected chi connectivity index (χ1v) is 4.26. The zero-order valence-corrected chi connectivity index (χ0v) is 8.48. The van der Waals surface area contributed by atoms with Crippen LogP contribution in [-0.4, -0.2) is 36.1 Å². The van der Waals surface area contributed by atoms with Crippen molar-refractivity contribution in [2.24, 2.45) is 0 Å². The van der Waals surface area contributed by atoms with Crippen LogP contribution in [0.2, 0.25) is 0 Å². The van der Waals surface area contributed by atoms with Gasteiger partial charge in [0.25, 0.3) is 0 Å². The molecule has 1 aromatic rings. The number of hydrogen-bond donors (Lipinski definition) is 2. The average Bonchev–Trinajstić information content (AvgIpc) is 2.62. The number of carbonyl (C=O) groups excluding carboxylic acids is 1. The van der Waals surface area contributed by atoms with Gasteiger partial charge in [-0.2, -0.15) is 0 Å². The van der Waals surface area contributed by atoms with Gasteiger partial charge in [-0.05, 0) is 6.07 Å². The van der Waals surface area contributed by atoms with E-state index in [2.05, 4.69) is 5.32 Å². The highest BCUT2D eigenvalue weighted by molar-refractivity contribution is 5.84. The molecule has 1 rings (SSSR count). The van der Waals surface area contributed by atoms with Gasteiger partial charge in [-0.3, -0.25) is 0 Å². The van der Waals surface area contributed by atoms with Crippen LogP contribution in [0, 0.1) is 0 Å².